The number of hydrogen-bond acceptors (Lipinski definition) is 5. The number of para-hydroxylation sites is 1. The number of ether oxygens (including phenoxy) is 3. The van der Waals surface area contributed by atoms with Crippen LogP contribution < -0.4 is 19.6 Å². The molecule has 1 heterocycles. The monoisotopic (exact) mass is 353 g/mol. The van der Waals surface area contributed by atoms with Gasteiger partial charge in [-0.15, -0.1) is 0 Å². The van der Waals surface area contributed by atoms with Gasteiger partial charge in [-0.3, -0.25) is 4.79 Å². The molecule has 0 spiro atoms. The van der Waals surface area contributed by atoms with Crippen molar-refractivity contribution in [3.05, 3.63) is 53.7 Å². The van der Waals surface area contributed by atoms with Gasteiger partial charge in [0.25, 0.3) is 5.91 Å². The van der Waals surface area contributed by atoms with Crippen molar-refractivity contribution in [3.8, 4) is 17.2 Å². The van der Waals surface area contributed by atoms with Crippen LogP contribution in [-0.4, -0.2) is 38.4 Å². The van der Waals surface area contributed by atoms with E-state index in [1.54, 1.807) is 33.5 Å². The predicted molar refractivity (Wildman–Crippen MR) is 99.5 cm³/mol. The summed E-state index contributed by atoms with van der Waals surface area (Å²) in [6, 6.07) is 12.7. The highest BCUT2D eigenvalue weighted by atomic mass is 16.5. The summed E-state index contributed by atoms with van der Waals surface area (Å²) in [4.78, 5) is 15.4. The van der Waals surface area contributed by atoms with E-state index < -0.39 is 0 Å². The summed E-state index contributed by atoms with van der Waals surface area (Å²) in [5, 5.41) is 4.75. The second-order valence-electron chi connectivity index (χ2n) is 5.39. The summed E-state index contributed by atoms with van der Waals surface area (Å²) < 4.78 is 15.9. The van der Waals surface area contributed by atoms with Gasteiger partial charge in [-0.1, -0.05) is 12.1 Å². The number of hydrogen-bond donors (Lipinski definition) is 2. The highest BCUT2D eigenvalue weighted by Gasteiger charge is 2.15. The van der Waals surface area contributed by atoms with E-state index in [-0.39, 0.29) is 5.91 Å². The number of carbonyl (C=O) groups is 1. The van der Waals surface area contributed by atoms with E-state index in [2.05, 4.69) is 15.5 Å². The zero-order chi connectivity index (χ0) is 18.5. The Labute approximate surface area is 150 Å². The number of benzene rings is 2. The minimum Gasteiger partial charge on any atom is -0.496 e. The summed E-state index contributed by atoms with van der Waals surface area (Å²) in [5.41, 5.74) is 4.39. The van der Waals surface area contributed by atoms with E-state index in [0.717, 1.165) is 16.5 Å². The Balaban J connectivity index is 1.81. The Morgan fingerprint density at radius 1 is 1.04 bits per heavy atom. The van der Waals surface area contributed by atoms with Gasteiger partial charge in [0.2, 0.25) is 0 Å². The maximum Gasteiger partial charge on any atom is 0.287 e. The molecular weight excluding hydrogens is 334 g/mol. The van der Waals surface area contributed by atoms with E-state index in [1.165, 1.54) is 6.21 Å². The number of carbonyl (C=O) groups excluding carboxylic acids is 1. The van der Waals surface area contributed by atoms with Crippen LogP contribution in [0.1, 0.15) is 16.1 Å². The number of aromatic nitrogens is 1. The maximum atomic E-state index is 12.4. The second-order valence-corrected chi connectivity index (χ2v) is 5.39. The van der Waals surface area contributed by atoms with E-state index >= 15 is 0 Å². The van der Waals surface area contributed by atoms with Crippen LogP contribution in [0.5, 0.6) is 17.2 Å². The number of rotatable bonds is 6. The van der Waals surface area contributed by atoms with Gasteiger partial charge < -0.3 is 19.2 Å². The van der Waals surface area contributed by atoms with Crippen molar-refractivity contribution >= 4 is 23.0 Å². The van der Waals surface area contributed by atoms with Crippen molar-refractivity contribution in [3.63, 3.8) is 0 Å². The van der Waals surface area contributed by atoms with Crippen molar-refractivity contribution in [1.82, 2.24) is 10.4 Å². The summed E-state index contributed by atoms with van der Waals surface area (Å²) in [6.45, 7) is 0. The molecule has 0 bridgehead atoms. The molecule has 1 aromatic heterocycles. The molecule has 2 N–H and O–H groups in total. The van der Waals surface area contributed by atoms with Gasteiger partial charge in [-0.25, -0.2) is 5.43 Å². The maximum absolute atomic E-state index is 12.4. The Morgan fingerprint density at radius 3 is 2.54 bits per heavy atom. The van der Waals surface area contributed by atoms with Crippen LogP contribution in [0.25, 0.3) is 10.9 Å². The number of fused-ring (bicyclic) bond motifs is 1. The van der Waals surface area contributed by atoms with Gasteiger partial charge in [0.15, 0.2) is 11.5 Å². The zero-order valence-electron chi connectivity index (χ0n) is 14.7. The number of aromatic amines is 1. The Bertz CT molecular complexity index is 963. The topological polar surface area (TPSA) is 84.9 Å². The minimum atomic E-state index is -0.367. The Morgan fingerprint density at radius 2 is 1.81 bits per heavy atom. The van der Waals surface area contributed by atoms with E-state index in [9.17, 15) is 4.79 Å². The molecule has 7 nitrogen and oxygen atoms in total. The molecular formula is C19H19N3O4. The number of nitrogens with one attached hydrogen (secondary N) is 2. The summed E-state index contributed by atoms with van der Waals surface area (Å²) >= 11 is 0. The number of methoxy groups -OCH3 is 3. The Kier molecular flexibility index (Phi) is 5.07. The first-order valence-electron chi connectivity index (χ1n) is 7.88. The first kappa shape index (κ1) is 17.3. The zero-order valence-corrected chi connectivity index (χ0v) is 14.7. The quantitative estimate of drug-likeness (QED) is 0.527. The van der Waals surface area contributed by atoms with Crippen molar-refractivity contribution in [2.45, 2.75) is 0 Å². The third kappa shape index (κ3) is 3.32. The third-order valence-corrected chi connectivity index (χ3v) is 3.90. The van der Waals surface area contributed by atoms with Crippen LogP contribution >= 0.6 is 0 Å². The normalized spacial score (nSPS) is 10.9. The first-order valence-corrected chi connectivity index (χ1v) is 7.88. The third-order valence-electron chi connectivity index (χ3n) is 3.90. The van der Waals surface area contributed by atoms with Crippen LogP contribution in [0.4, 0.5) is 0 Å². The van der Waals surface area contributed by atoms with Gasteiger partial charge in [0.1, 0.15) is 11.4 Å². The van der Waals surface area contributed by atoms with E-state index in [0.29, 0.717) is 22.9 Å². The highest BCUT2D eigenvalue weighted by molar-refractivity contribution is 6.00. The summed E-state index contributed by atoms with van der Waals surface area (Å²) in [7, 11) is 4.70. The molecule has 0 aliphatic heterocycles. The molecule has 7 heteroatoms. The van der Waals surface area contributed by atoms with Crippen molar-refractivity contribution in [2.75, 3.05) is 21.3 Å². The van der Waals surface area contributed by atoms with Crippen molar-refractivity contribution < 1.29 is 19.0 Å². The lowest BCUT2D eigenvalue weighted by Gasteiger charge is -2.07. The largest absolute Gasteiger partial charge is 0.496 e. The number of hydrazone groups is 1. The summed E-state index contributed by atoms with van der Waals surface area (Å²) in [5.74, 6) is 1.47. The first-order chi connectivity index (χ1) is 12.7. The predicted octanol–water partition coefficient (Wildman–Crippen LogP) is 2.96. The fraction of sp³-hybridized carbons (Fsp3) is 0.158. The molecule has 0 radical (unpaired) electrons. The molecule has 0 saturated heterocycles. The molecule has 3 rings (SSSR count). The molecule has 26 heavy (non-hydrogen) atoms. The van der Waals surface area contributed by atoms with Crippen molar-refractivity contribution in [1.29, 1.82) is 0 Å². The SMILES string of the molecule is COc1ccccc1/C=N\NC(=O)c1cc2c(OC)c(OC)ccc2[nH]1. The molecule has 0 saturated carbocycles. The molecule has 2 aromatic carbocycles. The minimum absolute atomic E-state index is 0.365. The van der Waals surface area contributed by atoms with Crippen molar-refractivity contribution in [2.24, 2.45) is 5.10 Å². The number of H-pyrrole nitrogens is 1. The van der Waals surface area contributed by atoms with Crippen LogP contribution in [0, 0.1) is 0 Å². The lowest BCUT2D eigenvalue weighted by Crippen LogP contribution is -2.17. The van der Waals surface area contributed by atoms with Gasteiger partial charge in [0.05, 0.1) is 33.1 Å². The van der Waals surface area contributed by atoms with Crippen LogP contribution in [-0.2, 0) is 0 Å². The van der Waals surface area contributed by atoms with Gasteiger partial charge >= 0.3 is 0 Å². The van der Waals surface area contributed by atoms with Gasteiger partial charge in [-0.2, -0.15) is 5.10 Å². The fourth-order valence-corrected chi connectivity index (χ4v) is 2.64. The van der Waals surface area contributed by atoms with Gasteiger partial charge in [0, 0.05) is 10.9 Å². The molecule has 0 unspecified atom stereocenters. The molecule has 0 fully saturated rings. The highest BCUT2D eigenvalue weighted by Crippen LogP contribution is 2.35. The molecule has 0 aliphatic rings. The van der Waals surface area contributed by atoms with Crippen LogP contribution in [0.15, 0.2) is 47.6 Å². The average Bonchev–Trinajstić information content (AvgIpc) is 3.11. The lowest BCUT2D eigenvalue weighted by atomic mass is 10.2. The molecule has 0 aliphatic carbocycles. The average molecular weight is 353 g/mol. The van der Waals surface area contributed by atoms with E-state index in [1.807, 2.05) is 30.3 Å². The standard InChI is InChI=1S/C19H19N3O4/c1-24-16-7-5-4-6-12(16)11-20-22-19(23)15-10-13-14(21-15)8-9-17(25-2)18(13)26-3/h4-11,21H,1-3H3,(H,22,23)/b20-11-. The van der Waals surface area contributed by atoms with Crippen LogP contribution in [0.3, 0.4) is 0 Å². The molecule has 3 aromatic rings. The lowest BCUT2D eigenvalue weighted by molar-refractivity contribution is 0.0951. The summed E-state index contributed by atoms with van der Waals surface area (Å²) in [6.07, 6.45) is 1.53. The smallest absolute Gasteiger partial charge is 0.287 e. The van der Waals surface area contributed by atoms with Gasteiger partial charge in [-0.05, 0) is 30.3 Å². The fourth-order valence-electron chi connectivity index (χ4n) is 2.64. The molecule has 0 atom stereocenters. The number of amides is 1. The second kappa shape index (κ2) is 7.60. The number of nitrogens with zero attached hydrogens (tertiary/aromatic N) is 1. The van der Waals surface area contributed by atoms with Crippen LogP contribution in [0.2, 0.25) is 0 Å². The molecule has 1 amide bonds. The molecule has 134 valence electrons. The van der Waals surface area contributed by atoms with E-state index in [4.69, 9.17) is 14.2 Å². The Hall–Kier alpha value is -3.48.